The molecule has 0 saturated carbocycles. The van der Waals surface area contributed by atoms with Crippen LogP contribution in [0.5, 0.6) is 17.2 Å². The maximum Gasteiger partial charge on any atom is 0.326 e. The van der Waals surface area contributed by atoms with Gasteiger partial charge in [0.15, 0.2) is 17.6 Å². The molecule has 11 nitrogen and oxygen atoms in total. The third-order valence-corrected chi connectivity index (χ3v) is 12.0. The molecule has 1 aromatic heterocycles. The van der Waals surface area contributed by atoms with Gasteiger partial charge in [0.1, 0.15) is 36.9 Å². The lowest BCUT2D eigenvalue weighted by Gasteiger charge is -2.38. The number of aryl methyl sites for hydroxylation is 1. The van der Waals surface area contributed by atoms with Crippen molar-refractivity contribution < 1.29 is 38.1 Å². The van der Waals surface area contributed by atoms with Crippen LogP contribution in [0.15, 0.2) is 121 Å². The summed E-state index contributed by atoms with van der Waals surface area (Å²) in [6.07, 6.45) is 1.45. The molecule has 5 aromatic carbocycles. The molecule has 2 aliphatic heterocycles. The fourth-order valence-electron chi connectivity index (χ4n) is 7.93. The van der Waals surface area contributed by atoms with Gasteiger partial charge in [0.25, 0.3) is 0 Å². The van der Waals surface area contributed by atoms with E-state index < -0.39 is 41.9 Å². The van der Waals surface area contributed by atoms with Gasteiger partial charge in [-0.2, -0.15) is 0 Å². The van der Waals surface area contributed by atoms with Crippen molar-refractivity contribution in [1.29, 1.82) is 0 Å². The molecule has 0 unspecified atom stereocenters. The number of pyridine rings is 1. The number of hydrogen-bond donors (Lipinski definition) is 3. The summed E-state index contributed by atoms with van der Waals surface area (Å²) in [7, 11) is 0. The Labute approximate surface area is 369 Å². The highest BCUT2D eigenvalue weighted by molar-refractivity contribution is 6.30. The molecule has 4 atom stereocenters. The van der Waals surface area contributed by atoms with Crippen LogP contribution in [0.3, 0.4) is 0 Å². The number of nitrogens with zero attached hydrogens (tertiary/aromatic N) is 2. The van der Waals surface area contributed by atoms with Crippen LogP contribution in [0.1, 0.15) is 63.7 Å². The molecular weight excluding hydrogens is 823 g/mol. The Balaban J connectivity index is 0.990. The molecule has 0 fully saturated rings. The summed E-state index contributed by atoms with van der Waals surface area (Å²) in [6.45, 7) is 6.10. The van der Waals surface area contributed by atoms with E-state index in [0.717, 1.165) is 50.2 Å². The van der Waals surface area contributed by atoms with Crippen molar-refractivity contribution in [2.45, 2.75) is 71.0 Å². The van der Waals surface area contributed by atoms with Gasteiger partial charge in [-0.3, -0.25) is 9.78 Å². The van der Waals surface area contributed by atoms with Gasteiger partial charge in [-0.05, 0) is 102 Å². The first-order valence-electron chi connectivity index (χ1n) is 20.7. The second kappa shape index (κ2) is 18.6. The second-order valence-corrected chi connectivity index (χ2v) is 16.3. The number of hydrogen-bond acceptors (Lipinski definition) is 7. The molecule has 0 aliphatic carbocycles. The molecule has 6 aromatic rings. The average Bonchev–Trinajstić information content (AvgIpc) is 3.29. The number of carbonyl (C=O) groups excluding carboxylic acids is 2. The summed E-state index contributed by atoms with van der Waals surface area (Å²) in [6, 6.07) is 31.6. The summed E-state index contributed by atoms with van der Waals surface area (Å²) in [5.41, 5.74) is 8.33. The molecule has 2 aliphatic rings. The van der Waals surface area contributed by atoms with E-state index in [4.69, 9.17) is 25.8 Å². The molecule has 63 heavy (non-hydrogen) atoms. The van der Waals surface area contributed by atoms with Gasteiger partial charge in [0.2, 0.25) is 5.91 Å². The molecule has 3 amide bonds. The van der Waals surface area contributed by atoms with Crippen molar-refractivity contribution >= 4 is 29.5 Å². The van der Waals surface area contributed by atoms with E-state index in [2.05, 4.69) is 15.6 Å². The number of aliphatic carboxylic acids is 1. The average molecular weight is 869 g/mol. The molecule has 8 rings (SSSR count). The molecule has 13 heteroatoms. The van der Waals surface area contributed by atoms with Gasteiger partial charge in [0.05, 0.1) is 11.1 Å². The smallest absolute Gasteiger partial charge is 0.326 e. The largest absolute Gasteiger partial charge is 0.489 e. The van der Waals surface area contributed by atoms with Crippen molar-refractivity contribution in [2.75, 3.05) is 6.61 Å². The first kappa shape index (κ1) is 42.8. The summed E-state index contributed by atoms with van der Waals surface area (Å²) in [4.78, 5) is 46.9. The molecule has 322 valence electrons. The molecule has 0 spiro atoms. The SMILES string of the molecule is Cc1nccc(-c2ccc(C[C@H](NC(=O)[C@@H]3Cc4cc5c(cc4CN3C(=O)N[C@H](C)c3ccccc3)O[C@@H](c3ccc(OCc4cccc(Cl)c4F)cc3)CO5)C(=O)O)cc2)c1C. The number of benzene rings is 5. The van der Waals surface area contributed by atoms with E-state index in [-0.39, 0.29) is 43.7 Å². The highest BCUT2D eigenvalue weighted by Gasteiger charge is 2.38. The number of urea groups is 1. The lowest BCUT2D eigenvalue weighted by atomic mass is 9.92. The number of amides is 3. The van der Waals surface area contributed by atoms with Crippen molar-refractivity contribution in [3.05, 3.63) is 177 Å². The highest BCUT2D eigenvalue weighted by Crippen LogP contribution is 2.41. The van der Waals surface area contributed by atoms with Gasteiger partial charge in [0, 0.05) is 36.8 Å². The van der Waals surface area contributed by atoms with Crippen molar-refractivity contribution in [1.82, 2.24) is 20.5 Å². The summed E-state index contributed by atoms with van der Waals surface area (Å²) < 4.78 is 32.8. The lowest BCUT2D eigenvalue weighted by molar-refractivity contribution is -0.142. The zero-order chi connectivity index (χ0) is 44.2. The number of aromatic nitrogens is 1. The Morgan fingerprint density at radius 3 is 2.41 bits per heavy atom. The van der Waals surface area contributed by atoms with E-state index >= 15 is 0 Å². The van der Waals surface area contributed by atoms with E-state index in [1.807, 2.05) is 106 Å². The van der Waals surface area contributed by atoms with Gasteiger partial charge >= 0.3 is 12.0 Å². The number of nitrogens with one attached hydrogen (secondary N) is 2. The maximum atomic E-state index is 14.4. The van der Waals surface area contributed by atoms with Crippen LogP contribution in [-0.4, -0.2) is 51.6 Å². The van der Waals surface area contributed by atoms with Crippen LogP contribution >= 0.6 is 11.6 Å². The number of halogens is 2. The number of fused-ring (bicyclic) bond motifs is 2. The summed E-state index contributed by atoms with van der Waals surface area (Å²) in [5, 5.41) is 16.2. The quantitative estimate of drug-likeness (QED) is 0.111. The molecule has 0 radical (unpaired) electrons. The van der Waals surface area contributed by atoms with Crippen molar-refractivity contribution in [3.8, 4) is 28.4 Å². The number of carboxylic acids is 1. The van der Waals surface area contributed by atoms with Crippen LogP contribution in [0.4, 0.5) is 9.18 Å². The van der Waals surface area contributed by atoms with E-state index in [0.29, 0.717) is 22.8 Å². The Morgan fingerprint density at radius 2 is 1.67 bits per heavy atom. The minimum Gasteiger partial charge on any atom is -0.489 e. The number of carboxylic acid groups (broad SMARTS) is 1. The fraction of sp³-hybridized carbons (Fsp3) is 0.240. The number of ether oxygens (including phenoxy) is 3. The van der Waals surface area contributed by atoms with Crippen molar-refractivity contribution in [2.24, 2.45) is 0 Å². The van der Waals surface area contributed by atoms with Crippen LogP contribution in [0, 0.1) is 19.7 Å². The van der Waals surface area contributed by atoms with E-state index in [1.165, 1.54) is 11.0 Å². The summed E-state index contributed by atoms with van der Waals surface area (Å²) in [5.74, 6) is -0.780. The monoisotopic (exact) mass is 868 g/mol. The Bertz CT molecular complexity index is 2650. The predicted octanol–water partition coefficient (Wildman–Crippen LogP) is 9.26. The lowest BCUT2D eigenvalue weighted by Crippen LogP contribution is -2.57. The first-order valence-corrected chi connectivity index (χ1v) is 21.1. The van der Waals surface area contributed by atoms with Gasteiger partial charge in [-0.1, -0.05) is 90.5 Å². The summed E-state index contributed by atoms with van der Waals surface area (Å²) >= 11 is 5.92. The minimum atomic E-state index is -1.26. The topological polar surface area (TPSA) is 139 Å². The third kappa shape index (κ3) is 9.61. The van der Waals surface area contributed by atoms with Crippen molar-refractivity contribution in [3.63, 3.8) is 0 Å². The molecule has 3 N–H and O–H groups in total. The normalized spacial score (nSPS) is 16.3. The van der Waals surface area contributed by atoms with Crippen LogP contribution in [0.25, 0.3) is 11.1 Å². The molecule has 0 bridgehead atoms. The standard InChI is InChI=1S/C50H46ClFN4O7/c1-29-30(2)53-21-20-40(29)34-14-12-32(13-15-34)22-42(49(58)59)55-48(57)43-23-37-24-44-45(25-38(37)26-56(43)50(60)54-31(3)33-8-5-4-6-9-33)63-46(28-62-44)35-16-18-39(19-17-35)61-27-36-10-7-11-41(51)47(36)52/h4-21,24-25,31,42-43,46H,22-23,26-28H2,1-3H3,(H,54,60)(H,55,57)(H,58,59)/t31-,42+,43+,46-/m1/s1. The van der Waals surface area contributed by atoms with Gasteiger partial charge < -0.3 is 34.9 Å². The highest BCUT2D eigenvalue weighted by atomic mass is 35.5. The van der Waals surface area contributed by atoms with E-state index in [9.17, 15) is 23.9 Å². The van der Waals surface area contributed by atoms with Crippen LogP contribution < -0.4 is 24.8 Å². The Kier molecular flexibility index (Phi) is 12.6. The Hall–Kier alpha value is -6.92. The number of rotatable bonds is 12. The molecule has 3 heterocycles. The van der Waals surface area contributed by atoms with E-state index in [1.54, 1.807) is 30.5 Å². The third-order valence-electron chi connectivity index (χ3n) is 11.7. The minimum absolute atomic E-state index is 0.0121. The Morgan fingerprint density at radius 1 is 0.921 bits per heavy atom. The fourth-order valence-corrected chi connectivity index (χ4v) is 8.13. The predicted molar refractivity (Wildman–Crippen MR) is 236 cm³/mol. The zero-order valence-electron chi connectivity index (χ0n) is 34.9. The molecule has 0 saturated heterocycles. The first-order chi connectivity index (χ1) is 30.4. The van der Waals surface area contributed by atoms with Gasteiger partial charge in [-0.15, -0.1) is 0 Å². The van der Waals surface area contributed by atoms with Crippen LogP contribution in [-0.2, 0) is 35.6 Å². The van der Waals surface area contributed by atoms with Crippen LogP contribution in [0.2, 0.25) is 5.02 Å². The zero-order valence-corrected chi connectivity index (χ0v) is 35.7. The van der Waals surface area contributed by atoms with Gasteiger partial charge in [-0.25, -0.2) is 14.0 Å². The maximum absolute atomic E-state index is 14.4. The second-order valence-electron chi connectivity index (χ2n) is 15.9. The molecular formula is C50H46ClFN4O7. The number of carbonyl (C=O) groups is 3.